The molecule has 3 nitrogen and oxygen atoms in total. The number of hydrogen-bond acceptors (Lipinski definition) is 3. The molecular weight excluding hydrogens is 238 g/mol. The Kier molecular flexibility index (Phi) is 4.42. The standard InChI is InChI=1S/C16H19NO2/c1-12(14-5-3-2-4-6-14)10-17-11-13-7-8-15(18)16(19)9-13/h2-9,12,17-19H,10-11H2,1H3. The molecule has 0 heterocycles. The van der Waals surface area contributed by atoms with Gasteiger partial charge in [0.1, 0.15) is 0 Å². The van der Waals surface area contributed by atoms with E-state index in [0.717, 1.165) is 12.1 Å². The van der Waals surface area contributed by atoms with Crippen LogP contribution in [0.5, 0.6) is 11.5 Å². The molecular formula is C16H19NO2. The Hall–Kier alpha value is -2.00. The van der Waals surface area contributed by atoms with Gasteiger partial charge in [-0.2, -0.15) is 0 Å². The van der Waals surface area contributed by atoms with Crippen molar-refractivity contribution >= 4 is 0 Å². The van der Waals surface area contributed by atoms with E-state index >= 15 is 0 Å². The molecule has 0 aliphatic rings. The van der Waals surface area contributed by atoms with Crippen molar-refractivity contribution < 1.29 is 10.2 Å². The fourth-order valence-electron chi connectivity index (χ4n) is 2.01. The molecule has 19 heavy (non-hydrogen) atoms. The van der Waals surface area contributed by atoms with E-state index in [2.05, 4.69) is 24.4 Å². The van der Waals surface area contributed by atoms with Crippen molar-refractivity contribution in [3.05, 3.63) is 59.7 Å². The summed E-state index contributed by atoms with van der Waals surface area (Å²) in [5.74, 6) is 0.281. The van der Waals surface area contributed by atoms with Crippen molar-refractivity contribution in [3.63, 3.8) is 0 Å². The van der Waals surface area contributed by atoms with Gasteiger partial charge in [-0.15, -0.1) is 0 Å². The SMILES string of the molecule is CC(CNCc1ccc(O)c(O)c1)c1ccccc1. The number of phenolic OH excluding ortho intramolecular Hbond substituents is 2. The Morgan fingerprint density at radius 3 is 2.42 bits per heavy atom. The molecule has 1 atom stereocenters. The van der Waals surface area contributed by atoms with Crippen LogP contribution < -0.4 is 5.32 Å². The Bertz CT molecular complexity index is 526. The Balaban J connectivity index is 1.85. The van der Waals surface area contributed by atoms with Crippen molar-refractivity contribution in [2.24, 2.45) is 0 Å². The lowest BCUT2D eigenvalue weighted by Crippen LogP contribution is -2.19. The van der Waals surface area contributed by atoms with Crippen LogP contribution in [0.3, 0.4) is 0 Å². The molecule has 0 aliphatic carbocycles. The topological polar surface area (TPSA) is 52.5 Å². The monoisotopic (exact) mass is 257 g/mol. The summed E-state index contributed by atoms with van der Waals surface area (Å²) in [6.45, 7) is 3.72. The molecule has 100 valence electrons. The normalized spacial score (nSPS) is 12.3. The van der Waals surface area contributed by atoms with Crippen LogP contribution in [-0.4, -0.2) is 16.8 Å². The third kappa shape index (κ3) is 3.73. The Morgan fingerprint density at radius 2 is 1.74 bits per heavy atom. The lowest BCUT2D eigenvalue weighted by Gasteiger charge is -2.13. The maximum Gasteiger partial charge on any atom is 0.157 e. The van der Waals surface area contributed by atoms with Crippen molar-refractivity contribution in [3.8, 4) is 11.5 Å². The van der Waals surface area contributed by atoms with Gasteiger partial charge in [0, 0.05) is 13.1 Å². The number of nitrogens with one attached hydrogen (secondary N) is 1. The molecule has 0 amide bonds. The highest BCUT2D eigenvalue weighted by Crippen LogP contribution is 2.24. The first-order valence-electron chi connectivity index (χ1n) is 6.43. The largest absolute Gasteiger partial charge is 0.504 e. The van der Waals surface area contributed by atoms with E-state index in [0.29, 0.717) is 12.5 Å². The molecule has 2 rings (SSSR count). The minimum absolute atomic E-state index is 0.0737. The quantitative estimate of drug-likeness (QED) is 0.722. The van der Waals surface area contributed by atoms with Gasteiger partial charge in [0.05, 0.1) is 0 Å². The number of hydrogen-bond donors (Lipinski definition) is 3. The molecule has 0 bridgehead atoms. The summed E-state index contributed by atoms with van der Waals surface area (Å²) in [6, 6.07) is 15.2. The van der Waals surface area contributed by atoms with Gasteiger partial charge in [0.25, 0.3) is 0 Å². The van der Waals surface area contributed by atoms with Crippen LogP contribution in [0.15, 0.2) is 48.5 Å². The van der Waals surface area contributed by atoms with Gasteiger partial charge in [-0.3, -0.25) is 0 Å². The van der Waals surface area contributed by atoms with Gasteiger partial charge in [0.15, 0.2) is 11.5 Å². The average Bonchev–Trinajstić information content (AvgIpc) is 2.43. The first-order chi connectivity index (χ1) is 9.16. The second-order valence-corrected chi connectivity index (χ2v) is 4.77. The van der Waals surface area contributed by atoms with E-state index in [-0.39, 0.29) is 11.5 Å². The number of benzene rings is 2. The molecule has 0 radical (unpaired) electrons. The van der Waals surface area contributed by atoms with Crippen LogP contribution >= 0.6 is 0 Å². The highest BCUT2D eigenvalue weighted by atomic mass is 16.3. The molecule has 2 aromatic carbocycles. The summed E-state index contributed by atoms with van der Waals surface area (Å²) in [7, 11) is 0. The fraction of sp³-hybridized carbons (Fsp3) is 0.250. The number of rotatable bonds is 5. The van der Waals surface area contributed by atoms with Gasteiger partial charge in [-0.05, 0) is 29.2 Å². The van der Waals surface area contributed by atoms with Crippen LogP contribution in [0.4, 0.5) is 0 Å². The molecule has 1 unspecified atom stereocenters. The molecule has 2 aromatic rings. The minimum atomic E-state index is -0.0820. The van der Waals surface area contributed by atoms with E-state index in [1.165, 1.54) is 11.6 Å². The predicted octanol–water partition coefficient (Wildman–Crippen LogP) is 2.99. The molecule has 0 aromatic heterocycles. The van der Waals surface area contributed by atoms with E-state index in [1.807, 2.05) is 18.2 Å². The second-order valence-electron chi connectivity index (χ2n) is 4.77. The van der Waals surface area contributed by atoms with E-state index in [4.69, 9.17) is 0 Å². The summed E-state index contributed by atoms with van der Waals surface area (Å²) in [4.78, 5) is 0. The zero-order valence-corrected chi connectivity index (χ0v) is 11.0. The van der Waals surface area contributed by atoms with E-state index in [9.17, 15) is 10.2 Å². The third-order valence-corrected chi connectivity index (χ3v) is 3.19. The smallest absolute Gasteiger partial charge is 0.157 e. The number of aromatic hydroxyl groups is 2. The highest BCUT2D eigenvalue weighted by molar-refractivity contribution is 5.40. The van der Waals surface area contributed by atoms with Crippen molar-refractivity contribution in [2.75, 3.05) is 6.54 Å². The highest BCUT2D eigenvalue weighted by Gasteiger charge is 2.05. The molecule has 3 N–H and O–H groups in total. The molecule has 0 saturated carbocycles. The van der Waals surface area contributed by atoms with Crippen LogP contribution in [-0.2, 0) is 6.54 Å². The summed E-state index contributed by atoms with van der Waals surface area (Å²) in [6.07, 6.45) is 0. The first-order valence-corrected chi connectivity index (χ1v) is 6.43. The summed E-state index contributed by atoms with van der Waals surface area (Å²) >= 11 is 0. The zero-order valence-electron chi connectivity index (χ0n) is 11.0. The number of phenols is 2. The molecule has 0 spiro atoms. The van der Waals surface area contributed by atoms with Gasteiger partial charge in [-0.25, -0.2) is 0 Å². The van der Waals surface area contributed by atoms with Gasteiger partial charge >= 0.3 is 0 Å². The van der Waals surface area contributed by atoms with Gasteiger partial charge in [0.2, 0.25) is 0 Å². The molecule has 3 heteroatoms. The van der Waals surface area contributed by atoms with Crippen molar-refractivity contribution in [1.29, 1.82) is 0 Å². The molecule has 0 aliphatic heterocycles. The Labute approximate surface area is 113 Å². The molecule has 0 fully saturated rings. The van der Waals surface area contributed by atoms with Crippen molar-refractivity contribution in [2.45, 2.75) is 19.4 Å². The lowest BCUT2D eigenvalue weighted by molar-refractivity contribution is 0.403. The minimum Gasteiger partial charge on any atom is -0.504 e. The van der Waals surface area contributed by atoms with Crippen molar-refractivity contribution in [1.82, 2.24) is 5.32 Å². The van der Waals surface area contributed by atoms with Crippen LogP contribution in [0.2, 0.25) is 0 Å². The Morgan fingerprint density at radius 1 is 1.00 bits per heavy atom. The maximum absolute atomic E-state index is 9.41. The predicted molar refractivity (Wildman–Crippen MR) is 76.3 cm³/mol. The first kappa shape index (κ1) is 13.4. The third-order valence-electron chi connectivity index (χ3n) is 3.19. The fourth-order valence-corrected chi connectivity index (χ4v) is 2.01. The molecule has 0 saturated heterocycles. The van der Waals surface area contributed by atoms with Crippen LogP contribution in [0, 0.1) is 0 Å². The average molecular weight is 257 g/mol. The van der Waals surface area contributed by atoms with Crippen LogP contribution in [0.25, 0.3) is 0 Å². The van der Waals surface area contributed by atoms with E-state index in [1.54, 1.807) is 12.1 Å². The van der Waals surface area contributed by atoms with Gasteiger partial charge < -0.3 is 15.5 Å². The summed E-state index contributed by atoms with van der Waals surface area (Å²) < 4.78 is 0. The summed E-state index contributed by atoms with van der Waals surface area (Å²) in [5, 5.41) is 22.0. The van der Waals surface area contributed by atoms with Gasteiger partial charge in [-0.1, -0.05) is 43.3 Å². The van der Waals surface area contributed by atoms with Crippen LogP contribution in [0.1, 0.15) is 24.0 Å². The second kappa shape index (κ2) is 6.25. The van der Waals surface area contributed by atoms with E-state index < -0.39 is 0 Å². The zero-order chi connectivity index (χ0) is 13.7. The maximum atomic E-state index is 9.41. The summed E-state index contributed by atoms with van der Waals surface area (Å²) in [5.41, 5.74) is 2.26. The lowest BCUT2D eigenvalue weighted by atomic mass is 10.0.